The highest BCUT2D eigenvalue weighted by molar-refractivity contribution is 7.10. The summed E-state index contributed by atoms with van der Waals surface area (Å²) in [6.45, 7) is 8.02. The summed E-state index contributed by atoms with van der Waals surface area (Å²) < 4.78 is 5.65. The van der Waals surface area contributed by atoms with Gasteiger partial charge in [0.2, 0.25) is 5.91 Å². The summed E-state index contributed by atoms with van der Waals surface area (Å²) >= 11 is 1.68. The molecule has 0 aliphatic carbocycles. The number of ether oxygens (including phenoxy) is 1. The van der Waals surface area contributed by atoms with Gasteiger partial charge < -0.3 is 15.4 Å². The monoisotopic (exact) mass is 282 g/mol. The van der Waals surface area contributed by atoms with Crippen molar-refractivity contribution >= 4 is 17.2 Å². The predicted octanol–water partition coefficient (Wildman–Crippen LogP) is 1.94. The van der Waals surface area contributed by atoms with Crippen LogP contribution in [-0.2, 0) is 9.53 Å². The average Bonchev–Trinajstić information content (AvgIpc) is 2.84. The van der Waals surface area contributed by atoms with Gasteiger partial charge in [0.25, 0.3) is 0 Å². The number of carbonyl (C=O) groups is 1. The molecule has 0 bridgehead atoms. The average molecular weight is 282 g/mol. The van der Waals surface area contributed by atoms with E-state index in [1.165, 1.54) is 4.88 Å². The smallest absolute Gasteiger partial charge is 0.246 e. The number of hydrogen-bond acceptors (Lipinski definition) is 4. The van der Waals surface area contributed by atoms with Crippen LogP contribution >= 0.6 is 11.3 Å². The first-order valence-electron chi connectivity index (χ1n) is 6.68. The first kappa shape index (κ1) is 14.5. The summed E-state index contributed by atoms with van der Waals surface area (Å²) in [5, 5.41) is 8.25. The Morgan fingerprint density at radius 1 is 1.58 bits per heavy atom. The van der Waals surface area contributed by atoms with E-state index in [0.717, 1.165) is 13.1 Å². The highest BCUT2D eigenvalue weighted by Crippen LogP contribution is 2.25. The Kier molecular flexibility index (Phi) is 4.60. The number of thiophene rings is 1. The highest BCUT2D eigenvalue weighted by Gasteiger charge is 2.33. The van der Waals surface area contributed by atoms with Gasteiger partial charge in [-0.3, -0.25) is 4.79 Å². The molecule has 1 aromatic heterocycles. The van der Waals surface area contributed by atoms with E-state index in [-0.39, 0.29) is 24.2 Å². The Balaban J connectivity index is 1.85. The van der Waals surface area contributed by atoms with Gasteiger partial charge in [0, 0.05) is 18.0 Å². The van der Waals surface area contributed by atoms with Gasteiger partial charge in [0.1, 0.15) is 6.61 Å². The molecule has 1 aromatic rings. The molecule has 1 atom stereocenters. The summed E-state index contributed by atoms with van der Waals surface area (Å²) in [7, 11) is 0. The van der Waals surface area contributed by atoms with Crippen LogP contribution in [0.15, 0.2) is 17.5 Å². The summed E-state index contributed by atoms with van der Waals surface area (Å²) in [4.78, 5) is 13.2. The minimum atomic E-state index is -0.173. The van der Waals surface area contributed by atoms with Crippen LogP contribution in [0.1, 0.15) is 31.7 Å². The van der Waals surface area contributed by atoms with E-state index in [1.807, 2.05) is 18.4 Å². The van der Waals surface area contributed by atoms with Crippen molar-refractivity contribution in [1.82, 2.24) is 10.6 Å². The largest absolute Gasteiger partial charge is 0.363 e. The van der Waals surface area contributed by atoms with Gasteiger partial charge in [-0.05, 0) is 24.3 Å². The minimum absolute atomic E-state index is 0.0415. The Labute approximate surface area is 118 Å². The molecule has 1 amide bonds. The van der Waals surface area contributed by atoms with Gasteiger partial charge in [-0.1, -0.05) is 19.9 Å². The lowest BCUT2D eigenvalue weighted by Gasteiger charge is -2.38. The third-order valence-electron chi connectivity index (χ3n) is 3.38. The summed E-state index contributed by atoms with van der Waals surface area (Å²) in [5.74, 6) is 0.323. The van der Waals surface area contributed by atoms with Crippen molar-refractivity contribution in [2.75, 3.05) is 19.7 Å². The van der Waals surface area contributed by atoms with Gasteiger partial charge >= 0.3 is 0 Å². The second-order valence-electron chi connectivity index (χ2n) is 5.65. The maximum atomic E-state index is 12.0. The van der Waals surface area contributed by atoms with E-state index in [0.29, 0.717) is 5.92 Å². The van der Waals surface area contributed by atoms with Gasteiger partial charge in [0.05, 0.1) is 11.6 Å². The maximum Gasteiger partial charge on any atom is 0.246 e. The maximum absolute atomic E-state index is 12.0. The first-order valence-corrected chi connectivity index (χ1v) is 7.55. The molecule has 0 spiro atoms. The molecule has 1 saturated heterocycles. The van der Waals surface area contributed by atoms with E-state index < -0.39 is 0 Å². The molecule has 1 fully saturated rings. The van der Waals surface area contributed by atoms with E-state index in [4.69, 9.17) is 4.74 Å². The second-order valence-corrected chi connectivity index (χ2v) is 6.63. The van der Waals surface area contributed by atoms with Crippen LogP contribution in [-0.4, -0.2) is 31.2 Å². The van der Waals surface area contributed by atoms with Gasteiger partial charge in [-0.25, -0.2) is 0 Å². The van der Waals surface area contributed by atoms with Crippen LogP contribution in [0.3, 0.4) is 0 Å². The van der Waals surface area contributed by atoms with E-state index in [1.54, 1.807) is 11.3 Å². The number of hydrogen-bond donors (Lipinski definition) is 2. The fourth-order valence-electron chi connectivity index (χ4n) is 2.07. The second kappa shape index (κ2) is 6.03. The van der Waals surface area contributed by atoms with Crippen molar-refractivity contribution in [3.05, 3.63) is 22.4 Å². The number of nitrogens with one attached hydrogen (secondary N) is 2. The molecule has 4 nitrogen and oxygen atoms in total. The van der Waals surface area contributed by atoms with Crippen LogP contribution < -0.4 is 10.6 Å². The fraction of sp³-hybridized carbons (Fsp3) is 0.643. The molecule has 1 aliphatic rings. The Morgan fingerprint density at radius 3 is 2.79 bits per heavy atom. The SMILES string of the molecule is CC(C)C(NC(=O)COC1(C)CNC1)c1cccs1. The van der Waals surface area contributed by atoms with E-state index >= 15 is 0 Å². The number of carbonyl (C=O) groups excluding carboxylic acids is 1. The van der Waals surface area contributed by atoms with Crippen molar-refractivity contribution in [2.24, 2.45) is 5.92 Å². The quantitative estimate of drug-likeness (QED) is 0.838. The van der Waals surface area contributed by atoms with Gasteiger partial charge in [-0.2, -0.15) is 0 Å². The molecular formula is C14H22N2O2S. The molecule has 106 valence electrons. The molecule has 2 N–H and O–H groups in total. The lowest BCUT2D eigenvalue weighted by Crippen LogP contribution is -2.59. The predicted molar refractivity (Wildman–Crippen MR) is 77.3 cm³/mol. The van der Waals surface area contributed by atoms with Crippen molar-refractivity contribution < 1.29 is 9.53 Å². The highest BCUT2D eigenvalue weighted by atomic mass is 32.1. The molecular weight excluding hydrogens is 260 g/mol. The molecule has 1 aliphatic heterocycles. The first-order chi connectivity index (χ1) is 9.00. The molecule has 0 saturated carbocycles. The van der Waals surface area contributed by atoms with E-state index in [2.05, 4.69) is 30.5 Å². The van der Waals surface area contributed by atoms with Crippen LogP contribution in [0.5, 0.6) is 0 Å². The molecule has 0 aromatic carbocycles. The van der Waals surface area contributed by atoms with Crippen LogP contribution in [0.4, 0.5) is 0 Å². The standard InChI is InChI=1S/C14H22N2O2S/c1-10(2)13(11-5-4-6-19-11)16-12(17)7-18-14(3)8-15-9-14/h4-6,10,13,15H,7-9H2,1-3H3,(H,16,17). The molecule has 0 radical (unpaired) electrons. The topological polar surface area (TPSA) is 50.4 Å². The Morgan fingerprint density at radius 2 is 2.32 bits per heavy atom. The summed E-state index contributed by atoms with van der Waals surface area (Å²) in [5.41, 5.74) is -0.173. The number of rotatable bonds is 6. The van der Waals surface area contributed by atoms with Gasteiger partial charge in [0.15, 0.2) is 0 Å². The number of amides is 1. The van der Waals surface area contributed by atoms with Crippen LogP contribution in [0.25, 0.3) is 0 Å². The zero-order valence-corrected chi connectivity index (χ0v) is 12.5. The third-order valence-corrected chi connectivity index (χ3v) is 4.34. The molecule has 2 rings (SSSR count). The van der Waals surface area contributed by atoms with E-state index in [9.17, 15) is 4.79 Å². The van der Waals surface area contributed by atoms with Crippen LogP contribution in [0.2, 0.25) is 0 Å². The summed E-state index contributed by atoms with van der Waals surface area (Å²) in [6, 6.07) is 4.15. The third kappa shape index (κ3) is 3.78. The van der Waals surface area contributed by atoms with Gasteiger partial charge in [-0.15, -0.1) is 11.3 Å². The normalized spacial score (nSPS) is 18.9. The van der Waals surface area contributed by atoms with Crippen molar-refractivity contribution in [3.63, 3.8) is 0 Å². The van der Waals surface area contributed by atoms with Crippen molar-refractivity contribution in [1.29, 1.82) is 0 Å². The summed E-state index contributed by atoms with van der Waals surface area (Å²) in [6.07, 6.45) is 0. The lowest BCUT2D eigenvalue weighted by atomic mass is 10.0. The van der Waals surface area contributed by atoms with Crippen LogP contribution in [0, 0.1) is 5.92 Å². The Hall–Kier alpha value is -0.910. The molecule has 19 heavy (non-hydrogen) atoms. The lowest BCUT2D eigenvalue weighted by molar-refractivity contribution is -0.136. The fourth-order valence-corrected chi connectivity index (χ4v) is 3.02. The zero-order valence-electron chi connectivity index (χ0n) is 11.7. The minimum Gasteiger partial charge on any atom is -0.363 e. The van der Waals surface area contributed by atoms with Crippen molar-refractivity contribution in [2.45, 2.75) is 32.4 Å². The Bertz CT molecular complexity index is 413. The van der Waals surface area contributed by atoms with Crippen molar-refractivity contribution in [3.8, 4) is 0 Å². The zero-order chi connectivity index (χ0) is 13.9. The molecule has 2 heterocycles. The molecule has 1 unspecified atom stereocenters. The molecule has 5 heteroatoms.